The number of hydrogen-bond donors (Lipinski definition) is 1. The Morgan fingerprint density at radius 2 is 2.53 bits per heavy atom. The molecule has 1 aliphatic rings. The molecule has 17 heavy (non-hydrogen) atoms. The maximum absolute atomic E-state index is 8.96. The number of thiazole rings is 1. The molecule has 0 aromatic carbocycles. The molecule has 2 heterocycles. The second-order valence-electron chi connectivity index (χ2n) is 4.65. The van der Waals surface area contributed by atoms with Gasteiger partial charge in [0, 0.05) is 18.5 Å². The van der Waals surface area contributed by atoms with Crippen molar-refractivity contribution in [3.05, 3.63) is 16.1 Å². The number of likely N-dealkylation sites (tertiary alicyclic amines) is 1. The summed E-state index contributed by atoms with van der Waals surface area (Å²) in [5, 5.41) is 12.2. The van der Waals surface area contributed by atoms with E-state index in [-0.39, 0.29) is 0 Å². The van der Waals surface area contributed by atoms with Gasteiger partial charge < -0.3 is 5.11 Å². The second kappa shape index (κ2) is 6.14. The van der Waals surface area contributed by atoms with Crippen LogP contribution in [0.2, 0.25) is 0 Å². The fourth-order valence-corrected chi connectivity index (χ4v) is 3.50. The maximum Gasteiger partial charge on any atom is 0.110 e. The zero-order chi connectivity index (χ0) is 12.3. The third kappa shape index (κ3) is 3.19. The van der Waals surface area contributed by atoms with Gasteiger partial charge in [-0.05, 0) is 32.2 Å². The topological polar surface area (TPSA) is 36.4 Å². The molecule has 0 bridgehead atoms. The Morgan fingerprint density at radius 1 is 1.71 bits per heavy atom. The van der Waals surface area contributed by atoms with Crippen LogP contribution in [0.25, 0.3) is 0 Å². The quantitative estimate of drug-likeness (QED) is 0.839. The summed E-state index contributed by atoms with van der Waals surface area (Å²) >= 11 is 7.47. The molecule has 1 saturated heterocycles. The van der Waals surface area contributed by atoms with Crippen molar-refractivity contribution in [1.29, 1.82) is 0 Å². The Kier molecular flexibility index (Phi) is 4.79. The van der Waals surface area contributed by atoms with Gasteiger partial charge in [0.1, 0.15) is 5.01 Å². The van der Waals surface area contributed by atoms with Crippen molar-refractivity contribution in [2.75, 3.05) is 19.7 Å². The number of hydrogen-bond acceptors (Lipinski definition) is 4. The van der Waals surface area contributed by atoms with E-state index in [0.29, 0.717) is 24.4 Å². The van der Waals surface area contributed by atoms with Crippen LogP contribution in [-0.2, 0) is 5.88 Å². The normalized spacial score (nSPS) is 23.1. The van der Waals surface area contributed by atoms with Gasteiger partial charge >= 0.3 is 0 Å². The Bertz CT molecular complexity index is 358. The first-order valence-electron chi connectivity index (χ1n) is 6.09. The molecule has 1 fully saturated rings. The lowest BCUT2D eigenvalue weighted by molar-refractivity contribution is 0.228. The van der Waals surface area contributed by atoms with E-state index < -0.39 is 0 Å². The molecule has 2 atom stereocenters. The van der Waals surface area contributed by atoms with E-state index in [2.05, 4.69) is 16.8 Å². The lowest BCUT2D eigenvalue weighted by atomic mass is 10.1. The SMILES string of the molecule is CC(c1nc(CCl)cs1)N1CCC(CCO)C1. The summed E-state index contributed by atoms with van der Waals surface area (Å²) in [6.45, 7) is 4.71. The Balaban J connectivity index is 1.94. The van der Waals surface area contributed by atoms with Gasteiger partial charge in [0.25, 0.3) is 0 Å². The van der Waals surface area contributed by atoms with Crippen LogP contribution in [0.1, 0.15) is 36.5 Å². The average molecular weight is 275 g/mol. The number of alkyl halides is 1. The van der Waals surface area contributed by atoms with Crippen LogP contribution in [0, 0.1) is 5.92 Å². The van der Waals surface area contributed by atoms with Crippen molar-refractivity contribution in [2.45, 2.75) is 31.7 Å². The number of aliphatic hydroxyl groups excluding tert-OH is 1. The maximum atomic E-state index is 8.96. The minimum absolute atomic E-state index is 0.306. The molecule has 3 nitrogen and oxygen atoms in total. The molecule has 0 aliphatic carbocycles. The van der Waals surface area contributed by atoms with Crippen LogP contribution in [-0.4, -0.2) is 34.7 Å². The lowest BCUT2D eigenvalue weighted by Gasteiger charge is -2.22. The van der Waals surface area contributed by atoms with Crippen LogP contribution in [0.5, 0.6) is 0 Å². The molecule has 5 heteroatoms. The molecular weight excluding hydrogens is 256 g/mol. The monoisotopic (exact) mass is 274 g/mol. The summed E-state index contributed by atoms with van der Waals surface area (Å²) in [6.07, 6.45) is 2.12. The van der Waals surface area contributed by atoms with Gasteiger partial charge in [-0.15, -0.1) is 22.9 Å². The highest BCUT2D eigenvalue weighted by atomic mass is 35.5. The molecule has 0 saturated carbocycles. The standard InChI is InChI=1S/C12H19ClN2OS/c1-9(12-14-11(6-13)8-17-12)15-4-2-10(7-15)3-5-16/h8-10,16H,2-7H2,1H3. The highest BCUT2D eigenvalue weighted by Gasteiger charge is 2.27. The van der Waals surface area contributed by atoms with Crippen molar-refractivity contribution in [3.8, 4) is 0 Å². The average Bonchev–Trinajstić information content (AvgIpc) is 2.97. The highest BCUT2D eigenvalue weighted by molar-refractivity contribution is 7.09. The first-order valence-corrected chi connectivity index (χ1v) is 7.51. The number of aliphatic hydroxyl groups is 1. The number of aromatic nitrogens is 1. The predicted molar refractivity (Wildman–Crippen MR) is 71.5 cm³/mol. The van der Waals surface area contributed by atoms with Crippen LogP contribution in [0.4, 0.5) is 0 Å². The van der Waals surface area contributed by atoms with E-state index in [1.165, 1.54) is 6.42 Å². The van der Waals surface area contributed by atoms with E-state index in [4.69, 9.17) is 16.7 Å². The van der Waals surface area contributed by atoms with Crippen molar-refractivity contribution < 1.29 is 5.11 Å². The summed E-state index contributed by atoms with van der Waals surface area (Å²) in [5.41, 5.74) is 0.977. The summed E-state index contributed by atoms with van der Waals surface area (Å²) in [5.74, 6) is 1.14. The van der Waals surface area contributed by atoms with Gasteiger partial charge in [-0.1, -0.05) is 0 Å². The zero-order valence-corrected chi connectivity index (χ0v) is 11.7. The molecule has 1 aromatic rings. The van der Waals surface area contributed by atoms with Crippen LogP contribution < -0.4 is 0 Å². The molecule has 1 aliphatic heterocycles. The molecule has 96 valence electrons. The minimum Gasteiger partial charge on any atom is -0.396 e. The first-order chi connectivity index (χ1) is 8.24. The molecular formula is C12H19ClN2OS. The van der Waals surface area contributed by atoms with Gasteiger partial charge in [-0.2, -0.15) is 0 Å². The van der Waals surface area contributed by atoms with E-state index in [0.717, 1.165) is 30.2 Å². The molecule has 0 amide bonds. The lowest BCUT2D eigenvalue weighted by Crippen LogP contribution is -2.24. The van der Waals surface area contributed by atoms with Gasteiger partial charge in [0.05, 0.1) is 17.6 Å². The van der Waals surface area contributed by atoms with Crippen LogP contribution in [0.3, 0.4) is 0 Å². The smallest absolute Gasteiger partial charge is 0.110 e. The fourth-order valence-electron chi connectivity index (χ4n) is 2.36. The summed E-state index contributed by atoms with van der Waals surface area (Å²) < 4.78 is 0. The van der Waals surface area contributed by atoms with Crippen molar-refractivity contribution in [2.24, 2.45) is 5.92 Å². The van der Waals surface area contributed by atoms with E-state index in [1.807, 2.05) is 5.38 Å². The van der Waals surface area contributed by atoms with E-state index in [1.54, 1.807) is 11.3 Å². The van der Waals surface area contributed by atoms with Crippen molar-refractivity contribution >= 4 is 22.9 Å². The van der Waals surface area contributed by atoms with E-state index in [9.17, 15) is 0 Å². The summed E-state index contributed by atoms with van der Waals surface area (Å²) in [7, 11) is 0. The third-order valence-corrected chi connectivity index (χ3v) is 4.80. The molecule has 2 unspecified atom stereocenters. The molecule has 0 radical (unpaired) electrons. The largest absolute Gasteiger partial charge is 0.396 e. The Labute approximate surface area is 111 Å². The molecule has 2 rings (SSSR count). The van der Waals surface area contributed by atoms with E-state index >= 15 is 0 Å². The summed E-state index contributed by atoms with van der Waals surface area (Å²) in [6, 6.07) is 0.376. The van der Waals surface area contributed by atoms with Crippen LogP contribution in [0.15, 0.2) is 5.38 Å². The van der Waals surface area contributed by atoms with Crippen molar-refractivity contribution in [1.82, 2.24) is 9.88 Å². The first kappa shape index (κ1) is 13.3. The number of rotatable bonds is 5. The fraction of sp³-hybridized carbons (Fsp3) is 0.750. The minimum atomic E-state index is 0.306. The van der Waals surface area contributed by atoms with Gasteiger partial charge in [0.15, 0.2) is 0 Å². The Hall–Kier alpha value is -0.160. The summed E-state index contributed by atoms with van der Waals surface area (Å²) in [4.78, 5) is 7.00. The molecule has 1 N–H and O–H groups in total. The van der Waals surface area contributed by atoms with Crippen LogP contribution >= 0.6 is 22.9 Å². The number of halogens is 1. The Morgan fingerprint density at radius 3 is 3.18 bits per heavy atom. The second-order valence-corrected chi connectivity index (χ2v) is 5.81. The predicted octanol–water partition coefficient (Wildman–Crippen LogP) is 2.65. The highest BCUT2D eigenvalue weighted by Crippen LogP contribution is 2.30. The van der Waals surface area contributed by atoms with Crippen molar-refractivity contribution in [3.63, 3.8) is 0 Å². The molecule has 1 aromatic heterocycles. The van der Waals surface area contributed by atoms with Gasteiger partial charge in [-0.3, -0.25) is 4.90 Å². The van der Waals surface area contributed by atoms with Gasteiger partial charge in [-0.25, -0.2) is 4.98 Å². The zero-order valence-electron chi connectivity index (χ0n) is 10.1. The number of nitrogens with zero attached hydrogens (tertiary/aromatic N) is 2. The third-order valence-electron chi connectivity index (χ3n) is 3.47. The molecule has 0 spiro atoms. The van der Waals surface area contributed by atoms with Gasteiger partial charge in [0.2, 0.25) is 0 Å².